The zero-order chi connectivity index (χ0) is 19.1. The van der Waals surface area contributed by atoms with Crippen molar-refractivity contribution in [3.05, 3.63) is 54.1 Å². The van der Waals surface area contributed by atoms with Crippen molar-refractivity contribution < 1.29 is 14.3 Å². The molecule has 1 heterocycles. The van der Waals surface area contributed by atoms with Gasteiger partial charge in [0.05, 0.1) is 0 Å². The van der Waals surface area contributed by atoms with Gasteiger partial charge in [-0.2, -0.15) is 0 Å². The van der Waals surface area contributed by atoms with Crippen molar-refractivity contribution in [3.63, 3.8) is 0 Å². The van der Waals surface area contributed by atoms with Crippen LogP contribution in [-0.2, 0) is 11.2 Å². The number of hydrogen-bond acceptors (Lipinski definition) is 4. The fraction of sp³-hybridized carbons (Fsp3) is 0.435. The number of para-hydroxylation sites is 2. The van der Waals surface area contributed by atoms with Gasteiger partial charge in [-0.3, -0.25) is 4.79 Å². The monoisotopic (exact) mass is 367 g/mol. The van der Waals surface area contributed by atoms with E-state index in [9.17, 15) is 4.79 Å². The Morgan fingerprint density at radius 1 is 1.07 bits per heavy atom. The Labute approximate surface area is 162 Å². The van der Waals surface area contributed by atoms with Crippen molar-refractivity contribution in [2.24, 2.45) is 0 Å². The Hall–Kier alpha value is -2.33. The van der Waals surface area contributed by atoms with E-state index >= 15 is 0 Å². The van der Waals surface area contributed by atoms with Crippen LogP contribution in [0.2, 0.25) is 0 Å². The molecule has 3 rings (SSSR count). The smallest absolute Gasteiger partial charge is 0.311 e. The summed E-state index contributed by atoms with van der Waals surface area (Å²) in [4.78, 5) is 14.1. The minimum Gasteiger partial charge on any atom is -0.453 e. The number of carbonyl (C=O) groups excluding carboxylic acids is 1. The summed E-state index contributed by atoms with van der Waals surface area (Å²) in [5, 5.41) is 0. The van der Waals surface area contributed by atoms with Crippen LogP contribution in [0, 0.1) is 0 Å². The van der Waals surface area contributed by atoms with Gasteiger partial charge in [0.1, 0.15) is 5.75 Å². The predicted molar refractivity (Wildman–Crippen MR) is 107 cm³/mol. The number of hydrogen-bond donors (Lipinski definition) is 0. The second-order valence-electron chi connectivity index (χ2n) is 7.19. The molecule has 2 aromatic carbocycles. The quantitative estimate of drug-likeness (QED) is 0.497. The van der Waals surface area contributed by atoms with E-state index in [1.54, 1.807) is 13.0 Å². The average Bonchev–Trinajstić information content (AvgIpc) is 2.70. The van der Waals surface area contributed by atoms with Crippen LogP contribution >= 0.6 is 0 Å². The maximum absolute atomic E-state index is 11.6. The summed E-state index contributed by atoms with van der Waals surface area (Å²) in [5.74, 6) is 1.48. The lowest BCUT2D eigenvalue weighted by molar-refractivity contribution is -0.134. The van der Waals surface area contributed by atoms with Crippen molar-refractivity contribution in [2.45, 2.75) is 51.5 Å². The highest BCUT2D eigenvalue weighted by molar-refractivity contribution is 5.72. The molecular formula is C23H29NO3. The fourth-order valence-corrected chi connectivity index (χ4v) is 3.51. The van der Waals surface area contributed by atoms with E-state index in [-0.39, 0.29) is 5.97 Å². The van der Waals surface area contributed by atoms with Gasteiger partial charge < -0.3 is 14.4 Å². The summed E-state index contributed by atoms with van der Waals surface area (Å²) < 4.78 is 11.3. The SMILES string of the molecule is CCC(=O)Oc1ccccc1Oc1ccc(CCC2CCCCN2C)cc1. The molecule has 0 aliphatic carbocycles. The third kappa shape index (κ3) is 5.57. The summed E-state index contributed by atoms with van der Waals surface area (Å²) in [5.41, 5.74) is 1.33. The Kier molecular flexibility index (Phi) is 6.88. The third-order valence-corrected chi connectivity index (χ3v) is 5.20. The van der Waals surface area contributed by atoms with Gasteiger partial charge in [-0.05, 0) is 69.1 Å². The van der Waals surface area contributed by atoms with E-state index in [1.807, 2.05) is 30.3 Å². The van der Waals surface area contributed by atoms with Crippen LogP contribution < -0.4 is 9.47 Å². The van der Waals surface area contributed by atoms with Crippen LogP contribution in [0.25, 0.3) is 0 Å². The number of likely N-dealkylation sites (tertiary alicyclic amines) is 1. The molecule has 0 spiro atoms. The van der Waals surface area contributed by atoms with Crippen molar-refractivity contribution >= 4 is 5.97 Å². The number of carbonyl (C=O) groups is 1. The first kappa shape index (κ1) is 19.4. The highest BCUT2D eigenvalue weighted by Crippen LogP contribution is 2.31. The lowest BCUT2D eigenvalue weighted by atomic mass is 9.96. The molecule has 1 saturated heterocycles. The fourth-order valence-electron chi connectivity index (χ4n) is 3.51. The molecule has 0 N–H and O–H groups in total. The molecular weight excluding hydrogens is 338 g/mol. The number of rotatable bonds is 7. The Balaban J connectivity index is 1.58. The van der Waals surface area contributed by atoms with Gasteiger partial charge in [-0.15, -0.1) is 0 Å². The van der Waals surface area contributed by atoms with E-state index in [1.165, 1.54) is 37.8 Å². The number of nitrogens with zero attached hydrogens (tertiary/aromatic N) is 1. The topological polar surface area (TPSA) is 38.8 Å². The van der Waals surface area contributed by atoms with Gasteiger partial charge in [0, 0.05) is 12.5 Å². The van der Waals surface area contributed by atoms with Crippen molar-refractivity contribution in [3.8, 4) is 17.2 Å². The second-order valence-corrected chi connectivity index (χ2v) is 7.19. The van der Waals surface area contributed by atoms with Gasteiger partial charge >= 0.3 is 5.97 Å². The maximum Gasteiger partial charge on any atom is 0.311 e. The van der Waals surface area contributed by atoms with Crippen molar-refractivity contribution in [1.82, 2.24) is 4.90 Å². The average molecular weight is 367 g/mol. The van der Waals surface area contributed by atoms with Gasteiger partial charge in [0.15, 0.2) is 11.5 Å². The van der Waals surface area contributed by atoms with Crippen LogP contribution in [0.1, 0.15) is 44.6 Å². The molecule has 0 aromatic heterocycles. The molecule has 1 fully saturated rings. The van der Waals surface area contributed by atoms with Crippen LogP contribution in [0.5, 0.6) is 17.2 Å². The van der Waals surface area contributed by atoms with Gasteiger partial charge in [0.2, 0.25) is 0 Å². The maximum atomic E-state index is 11.6. The van der Waals surface area contributed by atoms with E-state index in [4.69, 9.17) is 9.47 Å². The highest BCUT2D eigenvalue weighted by atomic mass is 16.6. The molecule has 27 heavy (non-hydrogen) atoms. The summed E-state index contributed by atoms with van der Waals surface area (Å²) in [6, 6.07) is 16.2. The van der Waals surface area contributed by atoms with Gasteiger partial charge in [0.25, 0.3) is 0 Å². The number of esters is 1. The summed E-state index contributed by atoms with van der Waals surface area (Å²) in [6.45, 7) is 3.00. The summed E-state index contributed by atoms with van der Waals surface area (Å²) in [6.07, 6.45) is 6.61. The van der Waals surface area contributed by atoms with Crippen LogP contribution in [0.4, 0.5) is 0 Å². The minimum atomic E-state index is -0.269. The molecule has 0 saturated carbocycles. The first-order valence-corrected chi connectivity index (χ1v) is 9.92. The molecule has 4 heteroatoms. The van der Waals surface area contributed by atoms with Crippen molar-refractivity contribution in [2.75, 3.05) is 13.6 Å². The zero-order valence-electron chi connectivity index (χ0n) is 16.3. The minimum absolute atomic E-state index is 0.269. The van der Waals surface area contributed by atoms with Gasteiger partial charge in [-0.1, -0.05) is 37.6 Å². The van der Waals surface area contributed by atoms with E-state index in [0.29, 0.717) is 24.0 Å². The van der Waals surface area contributed by atoms with Crippen LogP contribution in [0.15, 0.2) is 48.5 Å². The molecule has 1 atom stereocenters. The number of aryl methyl sites for hydroxylation is 1. The Bertz CT molecular complexity index is 742. The van der Waals surface area contributed by atoms with E-state index in [2.05, 4.69) is 24.1 Å². The number of ether oxygens (including phenoxy) is 2. The molecule has 0 radical (unpaired) electrons. The van der Waals surface area contributed by atoms with Crippen LogP contribution in [0.3, 0.4) is 0 Å². The number of piperidine rings is 1. The second kappa shape index (κ2) is 9.56. The normalized spacial score (nSPS) is 17.5. The summed E-state index contributed by atoms with van der Waals surface area (Å²) in [7, 11) is 2.24. The van der Waals surface area contributed by atoms with Gasteiger partial charge in [-0.25, -0.2) is 0 Å². The first-order chi connectivity index (χ1) is 13.2. The van der Waals surface area contributed by atoms with Crippen molar-refractivity contribution in [1.29, 1.82) is 0 Å². The first-order valence-electron chi connectivity index (χ1n) is 9.92. The predicted octanol–water partition coefficient (Wildman–Crippen LogP) is 5.21. The standard InChI is InChI=1S/C23H29NO3/c1-3-23(25)27-22-10-5-4-9-21(22)26-20-15-12-18(13-16-20)11-14-19-8-6-7-17-24(19)2/h4-5,9-10,12-13,15-16,19H,3,6-8,11,14,17H2,1-2H3. The summed E-state index contributed by atoms with van der Waals surface area (Å²) >= 11 is 0. The molecule has 1 unspecified atom stereocenters. The number of benzene rings is 2. The van der Waals surface area contributed by atoms with E-state index in [0.717, 1.165) is 12.2 Å². The molecule has 4 nitrogen and oxygen atoms in total. The molecule has 0 amide bonds. The Morgan fingerprint density at radius 2 is 1.81 bits per heavy atom. The lowest BCUT2D eigenvalue weighted by Gasteiger charge is -2.32. The highest BCUT2D eigenvalue weighted by Gasteiger charge is 2.18. The molecule has 144 valence electrons. The Morgan fingerprint density at radius 3 is 2.52 bits per heavy atom. The molecule has 1 aliphatic rings. The molecule has 2 aromatic rings. The molecule has 1 aliphatic heterocycles. The van der Waals surface area contributed by atoms with Crippen LogP contribution in [-0.4, -0.2) is 30.5 Å². The zero-order valence-corrected chi connectivity index (χ0v) is 16.3. The van der Waals surface area contributed by atoms with E-state index < -0.39 is 0 Å². The third-order valence-electron chi connectivity index (χ3n) is 5.20. The largest absolute Gasteiger partial charge is 0.453 e. The lowest BCUT2D eigenvalue weighted by Crippen LogP contribution is -2.36. The molecule has 0 bridgehead atoms.